The molecule has 0 radical (unpaired) electrons. The molecule has 0 aliphatic carbocycles. The molecule has 3 aromatic rings. The quantitative estimate of drug-likeness (QED) is 0.520. The van der Waals surface area contributed by atoms with E-state index in [0.29, 0.717) is 27.4 Å². The normalized spacial score (nSPS) is 12.3. The lowest BCUT2D eigenvalue weighted by molar-refractivity contribution is 0.0963. The average Bonchev–Trinajstić information content (AvgIpc) is 2.54. The highest BCUT2D eigenvalue weighted by Gasteiger charge is 2.16. The van der Waals surface area contributed by atoms with Crippen LogP contribution < -0.4 is 5.43 Å². The second kappa shape index (κ2) is 5.84. The molecular formula is C20H19NO2. The van der Waals surface area contributed by atoms with Crippen LogP contribution in [0.5, 0.6) is 0 Å². The van der Waals surface area contributed by atoms with Crippen LogP contribution in [0.3, 0.4) is 0 Å². The number of hydrogen-bond donors (Lipinski definition) is 0. The van der Waals surface area contributed by atoms with Crippen LogP contribution in [-0.2, 0) is 0 Å². The van der Waals surface area contributed by atoms with Gasteiger partial charge in [-0.2, -0.15) is 0 Å². The fourth-order valence-electron chi connectivity index (χ4n) is 2.96. The van der Waals surface area contributed by atoms with Crippen LogP contribution in [0.25, 0.3) is 21.8 Å². The Kier molecular flexibility index (Phi) is 3.87. The number of fused-ring (bicyclic) bond motifs is 2. The van der Waals surface area contributed by atoms with E-state index in [1.165, 1.54) is 0 Å². The maximum atomic E-state index is 13.0. The molecule has 23 heavy (non-hydrogen) atoms. The standard InChI is InChI=1S/C20H19NO2/c1-13(2)12-14(3)20(23)21-17-10-6-4-8-15(17)19(22)16-9-5-7-11-18(16)21/h4-13H,1-3H3/b14-12+. The highest BCUT2D eigenvalue weighted by Crippen LogP contribution is 2.20. The molecule has 116 valence electrons. The summed E-state index contributed by atoms with van der Waals surface area (Å²) >= 11 is 0. The van der Waals surface area contributed by atoms with E-state index in [0.717, 1.165) is 0 Å². The second-order valence-corrected chi connectivity index (χ2v) is 6.10. The maximum Gasteiger partial charge on any atom is 0.258 e. The molecule has 3 nitrogen and oxygen atoms in total. The number of para-hydroxylation sites is 2. The number of nitrogens with zero attached hydrogens (tertiary/aromatic N) is 1. The zero-order valence-electron chi connectivity index (χ0n) is 13.5. The third-order valence-electron chi connectivity index (χ3n) is 3.90. The van der Waals surface area contributed by atoms with Gasteiger partial charge in [0.2, 0.25) is 0 Å². The number of rotatable bonds is 2. The number of aromatic nitrogens is 1. The van der Waals surface area contributed by atoms with E-state index >= 15 is 0 Å². The summed E-state index contributed by atoms with van der Waals surface area (Å²) in [5.41, 5.74) is 1.94. The van der Waals surface area contributed by atoms with Crippen LogP contribution in [0.4, 0.5) is 0 Å². The number of carbonyl (C=O) groups is 1. The van der Waals surface area contributed by atoms with Crippen molar-refractivity contribution in [1.29, 1.82) is 0 Å². The van der Waals surface area contributed by atoms with Crippen LogP contribution in [0.1, 0.15) is 25.6 Å². The highest BCUT2D eigenvalue weighted by molar-refractivity contribution is 6.07. The summed E-state index contributed by atoms with van der Waals surface area (Å²) in [6.07, 6.45) is 1.95. The molecular weight excluding hydrogens is 286 g/mol. The summed E-state index contributed by atoms with van der Waals surface area (Å²) in [5.74, 6) is 0.196. The van der Waals surface area contributed by atoms with Crippen molar-refractivity contribution in [2.75, 3.05) is 0 Å². The van der Waals surface area contributed by atoms with Gasteiger partial charge < -0.3 is 0 Å². The van der Waals surface area contributed by atoms with Crippen LogP contribution in [0.15, 0.2) is 65.0 Å². The predicted molar refractivity (Wildman–Crippen MR) is 94.9 cm³/mol. The van der Waals surface area contributed by atoms with Gasteiger partial charge in [-0.15, -0.1) is 0 Å². The van der Waals surface area contributed by atoms with E-state index in [2.05, 4.69) is 0 Å². The molecule has 1 aromatic heterocycles. The first kappa shape index (κ1) is 15.2. The van der Waals surface area contributed by atoms with Gasteiger partial charge in [0.25, 0.3) is 5.91 Å². The Hall–Kier alpha value is -2.68. The number of allylic oxidation sites excluding steroid dienone is 2. The summed E-state index contributed by atoms with van der Waals surface area (Å²) < 4.78 is 1.65. The van der Waals surface area contributed by atoms with Gasteiger partial charge in [0, 0.05) is 16.3 Å². The Morgan fingerprint density at radius 3 is 1.91 bits per heavy atom. The average molecular weight is 305 g/mol. The van der Waals surface area contributed by atoms with E-state index in [1.807, 2.05) is 63.2 Å². The van der Waals surface area contributed by atoms with Crippen LogP contribution in [-0.4, -0.2) is 10.5 Å². The first-order chi connectivity index (χ1) is 11.0. The number of benzene rings is 2. The van der Waals surface area contributed by atoms with Crippen molar-refractivity contribution in [3.63, 3.8) is 0 Å². The van der Waals surface area contributed by atoms with Crippen molar-refractivity contribution < 1.29 is 4.79 Å². The molecule has 0 fully saturated rings. The van der Waals surface area contributed by atoms with Crippen molar-refractivity contribution >= 4 is 27.7 Å². The van der Waals surface area contributed by atoms with Crippen molar-refractivity contribution in [2.45, 2.75) is 20.8 Å². The molecule has 0 aliphatic rings. The molecule has 0 atom stereocenters. The first-order valence-corrected chi connectivity index (χ1v) is 7.76. The SMILES string of the molecule is C/C(=C\C(C)C)C(=O)n1c2ccccc2c(=O)c2ccccc21. The largest absolute Gasteiger partial charge is 0.288 e. The van der Waals surface area contributed by atoms with Gasteiger partial charge in [0.05, 0.1) is 11.0 Å². The van der Waals surface area contributed by atoms with Crippen molar-refractivity contribution in [3.05, 3.63) is 70.4 Å². The van der Waals surface area contributed by atoms with Gasteiger partial charge in [-0.25, -0.2) is 0 Å². The molecule has 0 unspecified atom stereocenters. The molecule has 0 amide bonds. The Morgan fingerprint density at radius 1 is 0.957 bits per heavy atom. The van der Waals surface area contributed by atoms with Gasteiger partial charge in [-0.1, -0.05) is 44.2 Å². The number of carbonyl (C=O) groups excluding carboxylic acids is 1. The van der Waals surface area contributed by atoms with E-state index in [-0.39, 0.29) is 17.3 Å². The Balaban J connectivity index is 2.44. The zero-order chi connectivity index (χ0) is 16.6. The predicted octanol–water partition coefficient (Wildman–Crippen LogP) is 4.40. The van der Waals surface area contributed by atoms with E-state index < -0.39 is 0 Å². The fraction of sp³-hybridized carbons (Fsp3) is 0.200. The molecule has 0 aliphatic heterocycles. The molecule has 0 spiro atoms. The third-order valence-corrected chi connectivity index (χ3v) is 3.90. The minimum absolute atomic E-state index is 0.0363. The van der Waals surface area contributed by atoms with E-state index in [9.17, 15) is 9.59 Å². The van der Waals surface area contributed by atoms with Crippen LogP contribution >= 0.6 is 0 Å². The molecule has 0 saturated carbocycles. The van der Waals surface area contributed by atoms with Gasteiger partial charge in [-0.3, -0.25) is 14.2 Å². The fourth-order valence-corrected chi connectivity index (χ4v) is 2.96. The molecule has 3 heteroatoms. The number of pyridine rings is 1. The number of hydrogen-bond acceptors (Lipinski definition) is 2. The van der Waals surface area contributed by atoms with Crippen molar-refractivity contribution in [3.8, 4) is 0 Å². The summed E-state index contributed by atoms with van der Waals surface area (Å²) in [5, 5.41) is 1.13. The second-order valence-electron chi connectivity index (χ2n) is 6.10. The Labute approximate surface area is 134 Å². The van der Waals surface area contributed by atoms with Gasteiger partial charge in [0.15, 0.2) is 5.43 Å². The van der Waals surface area contributed by atoms with Crippen molar-refractivity contribution in [2.24, 2.45) is 5.92 Å². The minimum atomic E-state index is -0.0916. The van der Waals surface area contributed by atoms with Gasteiger partial charge in [0.1, 0.15) is 0 Å². The molecule has 0 N–H and O–H groups in total. The Morgan fingerprint density at radius 2 is 1.43 bits per heavy atom. The maximum absolute atomic E-state index is 13.0. The topological polar surface area (TPSA) is 39.1 Å². The van der Waals surface area contributed by atoms with E-state index in [1.54, 1.807) is 16.7 Å². The summed E-state index contributed by atoms with van der Waals surface area (Å²) in [6.45, 7) is 5.90. The Bertz CT molecular complexity index is 933. The lowest BCUT2D eigenvalue weighted by atomic mass is 10.1. The smallest absolute Gasteiger partial charge is 0.258 e. The molecule has 0 bridgehead atoms. The zero-order valence-corrected chi connectivity index (χ0v) is 13.5. The molecule has 2 aromatic carbocycles. The third kappa shape index (κ3) is 2.59. The van der Waals surface area contributed by atoms with E-state index in [4.69, 9.17) is 0 Å². The van der Waals surface area contributed by atoms with Crippen LogP contribution in [0.2, 0.25) is 0 Å². The van der Waals surface area contributed by atoms with Gasteiger partial charge in [-0.05, 0) is 37.1 Å². The van der Waals surface area contributed by atoms with Gasteiger partial charge >= 0.3 is 0 Å². The molecule has 3 rings (SSSR count). The van der Waals surface area contributed by atoms with Crippen LogP contribution in [0, 0.1) is 5.92 Å². The first-order valence-electron chi connectivity index (χ1n) is 7.76. The summed E-state index contributed by atoms with van der Waals surface area (Å²) in [7, 11) is 0. The summed E-state index contributed by atoms with van der Waals surface area (Å²) in [6, 6.07) is 14.5. The summed E-state index contributed by atoms with van der Waals surface area (Å²) in [4.78, 5) is 25.7. The monoisotopic (exact) mass is 305 g/mol. The highest BCUT2D eigenvalue weighted by atomic mass is 16.2. The molecule has 0 saturated heterocycles. The lowest BCUT2D eigenvalue weighted by Crippen LogP contribution is -2.18. The molecule has 1 heterocycles. The lowest BCUT2D eigenvalue weighted by Gasteiger charge is -2.14. The van der Waals surface area contributed by atoms with Crippen molar-refractivity contribution in [1.82, 2.24) is 4.57 Å². The minimum Gasteiger partial charge on any atom is -0.288 e.